The lowest BCUT2D eigenvalue weighted by molar-refractivity contribution is -0.142. The second-order valence-electron chi connectivity index (χ2n) is 3.93. The average molecular weight is 240 g/mol. The molecule has 1 aromatic heterocycles. The van der Waals surface area contributed by atoms with Crippen molar-refractivity contribution in [2.45, 2.75) is 38.7 Å². The summed E-state index contributed by atoms with van der Waals surface area (Å²) in [5.74, 6) is 0.549. The van der Waals surface area contributed by atoms with Gasteiger partial charge in [-0.15, -0.1) is 0 Å². The van der Waals surface area contributed by atoms with Gasteiger partial charge in [0.25, 0.3) is 0 Å². The molecule has 6 heteroatoms. The maximum Gasteiger partial charge on any atom is 0.315 e. The molecule has 1 aliphatic rings. The van der Waals surface area contributed by atoms with E-state index in [4.69, 9.17) is 14.0 Å². The second kappa shape index (κ2) is 5.77. The molecule has 6 nitrogen and oxygen atoms in total. The number of carbonyl (C=O) groups excluding carboxylic acids is 1. The van der Waals surface area contributed by atoms with Crippen molar-refractivity contribution in [3.05, 3.63) is 11.7 Å². The standard InChI is InChI=1S/C11H16N2O4/c1-2-15-11(14)7-10-12-9(13-17-10)6-8-4-3-5-16-8/h8H,2-7H2,1H3. The molecule has 1 aliphatic heterocycles. The van der Waals surface area contributed by atoms with Crippen LogP contribution in [-0.4, -0.2) is 35.4 Å². The molecule has 0 amide bonds. The van der Waals surface area contributed by atoms with E-state index in [-0.39, 0.29) is 18.5 Å². The molecule has 0 spiro atoms. The molecule has 2 heterocycles. The van der Waals surface area contributed by atoms with Gasteiger partial charge in [-0.05, 0) is 19.8 Å². The largest absolute Gasteiger partial charge is 0.466 e. The minimum absolute atomic E-state index is 0.0341. The normalized spacial score (nSPS) is 19.5. The van der Waals surface area contributed by atoms with Crippen LogP contribution in [0, 0.1) is 0 Å². The van der Waals surface area contributed by atoms with E-state index in [2.05, 4.69) is 10.1 Å². The number of ether oxygens (including phenoxy) is 2. The fourth-order valence-electron chi connectivity index (χ4n) is 1.79. The van der Waals surface area contributed by atoms with E-state index >= 15 is 0 Å². The summed E-state index contributed by atoms with van der Waals surface area (Å²) in [6.45, 7) is 2.92. The molecule has 0 radical (unpaired) electrons. The summed E-state index contributed by atoms with van der Waals surface area (Å²) in [5, 5.41) is 3.82. The van der Waals surface area contributed by atoms with E-state index in [1.54, 1.807) is 6.92 Å². The lowest BCUT2D eigenvalue weighted by Crippen LogP contribution is -2.10. The average Bonchev–Trinajstić information content (AvgIpc) is 2.91. The summed E-state index contributed by atoms with van der Waals surface area (Å²) in [4.78, 5) is 15.3. The van der Waals surface area contributed by atoms with Crippen LogP contribution in [0.4, 0.5) is 0 Å². The van der Waals surface area contributed by atoms with Crippen LogP contribution in [0.15, 0.2) is 4.52 Å². The molecule has 0 aromatic carbocycles. The third-order valence-electron chi connectivity index (χ3n) is 2.55. The fraction of sp³-hybridized carbons (Fsp3) is 0.727. The Labute approximate surface area is 99.3 Å². The zero-order valence-corrected chi connectivity index (χ0v) is 9.85. The van der Waals surface area contributed by atoms with E-state index in [1.807, 2.05) is 0 Å². The summed E-state index contributed by atoms with van der Waals surface area (Å²) in [7, 11) is 0. The molecule has 1 atom stereocenters. The highest BCUT2D eigenvalue weighted by Crippen LogP contribution is 2.15. The molecule has 0 N–H and O–H groups in total. The SMILES string of the molecule is CCOC(=O)Cc1nc(CC2CCCO2)no1. The van der Waals surface area contributed by atoms with Gasteiger partial charge in [0, 0.05) is 13.0 Å². The Morgan fingerprint density at radius 2 is 2.47 bits per heavy atom. The molecule has 1 unspecified atom stereocenters. The molecule has 17 heavy (non-hydrogen) atoms. The monoisotopic (exact) mass is 240 g/mol. The van der Waals surface area contributed by atoms with Gasteiger partial charge in [0.15, 0.2) is 5.82 Å². The number of hydrogen-bond acceptors (Lipinski definition) is 6. The van der Waals surface area contributed by atoms with E-state index in [9.17, 15) is 4.79 Å². The van der Waals surface area contributed by atoms with Crippen LogP contribution in [0.3, 0.4) is 0 Å². The van der Waals surface area contributed by atoms with Gasteiger partial charge < -0.3 is 14.0 Å². The van der Waals surface area contributed by atoms with Gasteiger partial charge in [-0.25, -0.2) is 0 Å². The van der Waals surface area contributed by atoms with Crippen molar-refractivity contribution < 1.29 is 18.8 Å². The minimum Gasteiger partial charge on any atom is -0.466 e. The van der Waals surface area contributed by atoms with Gasteiger partial charge in [0.1, 0.15) is 6.42 Å². The highest BCUT2D eigenvalue weighted by atomic mass is 16.5. The van der Waals surface area contributed by atoms with Crippen LogP contribution in [0.2, 0.25) is 0 Å². The first-order valence-corrected chi connectivity index (χ1v) is 5.86. The molecule has 1 fully saturated rings. The number of nitrogens with zero attached hydrogens (tertiary/aromatic N) is 2. The summed E-state index contributed by atoms with van der Waals surface area (Å²) in [6.07, 6.45) is 2.97. The van der Waals surface area contributed by atoms with E-state index < -0.39 is 0 Å². The lowest BCUT2D eigenvalue weighted by Gasteiger charge is -2.03. The topological polar surface area (TPSA) is 74.5 Å². The van der Waals surface area contributed by atoms with Crippen LogP contribution in [0.25, 0.3) is 0 Å². The van der Waals surface area contributed by atoms with Crippen molar-refractivity contribution in [3.63, 3.8) is 0 Å². The lowest BCUT2D eigenvalue weighted by atomic mass is 10.2. The van der Waals surface area contributed by atoms with E-state index in [1.165, 1.54) is 0 Å². The highest BCUT2D eigenvalue weighted by Gasteiger charge is 2.19. The smallest absolute Gasteiger partial charge is 0.315 e. The highest BCUT2D eigenvalue weighted by molar-refractivity contribution is 5.71. The molecule has 2 rings (SSSR count). The second-order valence-corrected chi connectivity index (χ2v) is 3.93. The summed E-state index contributed by atoms with van der Waals surface area (Å²) in [5.41, 5.74) is 0. The Balaban J connectivity index is 1.84. The molecular formula is C11H16N2O4. The van der Waals surface area contributed by atoms with Gasteiger partial charge in [-0.1, -0.05) is 5.16 Å². The number of aromatic nitrogens is 2. The first-order valence-electron chi connectivity index (χ1n) is 5.86. The summed E-state index contributed by atoms with van der Waals surface area (Å²) < 4.78 is 15.2. The zero-order valence-electron chi connectivity index (χ0n) is 9.85. The Kier molecular flexibility index (Phi) is 4.08. The summed E-state index contributed by atoms with van der Waals surface area (Å²) >= 11 is 0. The van der Waals surface area contributed by atoms with Crippen LogP contribution in [-0.2, 0) is 27.1 Å². The van der Waals surface area contributed by atoms with Gasteiger partial charge in [0.05, 0.1) is 12.7 Å². The van der Waals surface area contributed by atoms with Crippen LogP contribution in [0.5, 0.6) is 0 Å². The fourth-order valence-corrected chi connectivity index (χ4v) is 1.79. The van der Waals surface area contributed by atoms with Crippen molar-refractivity contribution in [2.24, 2.45) is 0 Å². The number of carbonyl (C=O) groups is 1. The zero-order chi connectivity index (χ0) is 12.1. The van der Waals surface area contributed by atoms with Crippen molar-refractivity contribution in [2.75, 3.05) is 13.2 Å². The van der Waals surface area contributed by atoms with Gasteiger partial charge in [-0.2, -0.15) is 4.98 Å². The predicted octanol–water partition coefficient (Wildman–Crippen LogP) is 0.897. The van der Waals surface area contributed by atoms with Crippen molar-refractivity contribution in [1.29, 1.82) is 0 Å². The van der Waals surface area contributed by atoms with Gasteiger partial charge >= 0.3 is 5.97 Å². The number of rotatable bonds is 5. The molecule has 1 aromatic rings. The first kappa shape index (κ1) is 12.0. The molecule has 94 valence electrons. The Morgan fingerprint density at radius 3 is 3.18 bits per heavy atom. The van der Waals surface area contributed by atoms with Gasteiger partial charge in [-0.3, -0.25) is 4.79 Å². The van der Waals surface area contributed by atoms with Crippen LogP contribution >= 0.6 is 0 Å². The molecule has 0 saturated carbocycles. The van der Waals surface area contributed by atoms with E-state index in [0.29, 0.717) is 24.7 Å². The third kappa shape index (κ3) is 3.52. The molecular weight excluding hydrogens is 224 g/mol. The van der Waals surface area contributed by atoms with Crippen molar-refractivity contribution >= 4 is 5.97 Å². The maximum absolute atomic E-state index is 11.2. The minimum atomic E-state index is -0.347. The summed E-state index contributed by atoms with van der Waals surface area (Å²) in [6, 6.07) is 0. The van der Waals surface area contributed by atoms with Gasteiger partial charge in [0.2, 0.25) is 5.89 Å². The Morgan fingerprint density at radius 1 is 1.59 bits per heavy atom. The first-order chi connectivity index (χ1) is 8.28. The van der Waals surface area contributed by atoms with Crippen LogP contribution in [0.1, 0.15) is 31.5 Å². The molecule has 0 bridgehead atoms. The maximum atomic E-state index is 11.2. The number of esters is 1. The third-order valence-corrected chi connectivity index (χ3v) is 2.55. The predicted molar refractivity (Wildman–Crippen MR) is 57.3 cm³/mol. The molecule has 0 aliphatic carbocycles. The van der Waals surface area contributed by atoms with Crippen molar-refractivity contribution in [3.8, 4) is 0 Å². The van der Waals surface area contributed by atoms with Crippen molar-refractivity contribution in [1.82, 2.24) is 10.1 Å². The quantitative estimate of drug-likeness (QED) is 0.712. The molecule has 1 saturated heterocycles. The van der Waals surface area contributed by atoms with E-state index in [0.717, 1.165) is 19.4 Å². The Hall–Kier alpha value is -1.43. The Bertz CT molecular complexity index is 371. The van der Waals surface area contributed by atoms with Crippen LogP contribution < -0.4 is 0 Å². The number of hydrogen-bond donors (Lipinski definition) is 0.